The fourth-order valence-electron chi connectivity index (χ4n) is 3.06. The lowest BCUT2D eigenvalue weighted by atomic mass is 9.82. The zero-order valence-corrected chi connectivity index (χ0v) is 13.8. The minimum Gasteiger partial charge on any atom is -0.294 e. The van der Waals surface area contributed by atoms with Gasteiger partial charge in [0.1, 0.15) is 5.82 Å². The van der Waals surface area contributed by atoms with Crippen LogP contribution in [0.3, 0.4) is 0 Å². The van der Waals surface area contributed by atoms with E-state index in [1.54, 1.807) is 22.8 Å². The highest BCUT2D eigenvalue weighted by atomic mass is 32.2. The summed E-state index contributed by atoms with van der Waals surface area (Å²) >= 11 is 1.23. The molecule has 1 atom stereocenters. The third-order valence-corrected chi connectivity index (χ3v) is 4.93. The van der Waals surface area contributed by atoms with Crippen molar-refractivity contribution in [2.24, 2.45) is 0 Å². The maximum atomic E-state index is 13.2. The van der Waals surface area contributed by atoms with Crippen molar-refractivity contribution in [1.82, 2.24) is 19.6 Å². The van der Waals surface area contributed by atoms with E-state index in [4.69, 9.17) is 5.26 Å². The van der Waals surface area contributed by atoms with Crippen molar-refractivity contribution in [2.75, 3.05) is 5.75 Å². The van der Waals surface area contributed by atoms with Gasteiger partial charge in [0.05, 0.1) is 23.1 Å². The summed E-state index contributed by atoms with van der Waals surface area (Å²) in [4.78, 5) is 21.0. The van der Waals surface area contributed by atoms with E-state index in [0.717, 1.165) is 11.3 Å². The number of hydrogen-bond donors (Lipinski definition) is 0. The molecule has 0 saturated carbocycles. The standard InChI is InChI=1S/C17H12FN5OS/c18-12-3-1-10(2-4-12)11-7-14-13(15(24)8-11)9-20-16-21-17(22-23(14)16)25-6-5-19/h1-4,9,11H,6-8H2. The van der Waals surface area contributed by atoms with Crippen LogP contribution in [0.2, 0.25) is 0 Å². The third kappa shape index (κ3) is 2.87. The van der Waals surface area contributed by atoms with Gasteiger partial charge in [0.15, 0.2) is 5.78 Å². The van der Waals surface area contributed by atoms with Crippen LogP contribution in [-0.4, -0.2) is 31.1 Å². The number of benzene rings is 1. The first kappa shape index (κ1) is 15.7. The van der Waals surface area contributed by atoms with E-state index in [-0.39, 0.29) is 23.3 Å². The topological polar surface area (TPSA) is 83.9 Å². The van der Waals surface area contributed by atoms with Crippen molar-refractivity contribution in [3.63, 3.8) is 0 Å². The smallest absolute Gasteiger partial charge is 0.253 e. The Morgan fingerprint density at radius 1 is 1.32 bits per heavy atom. The van der Waals surface area contributed by atoms with Gasteiger partial charge in [0, 0.05) is 12.6 Å². The van der Waals surface area contributed by atoms with Crippen LogP contribution in [0.4, 0.5) is 4.39 Å². The molecule has 25 heavy (non-hydrogen) atoms. The molecule has 1 aliphatic rings. The van der Waals surface area contributed by atoms with Gasteiger partial charge in [-0.15, -0.1) is 5.10 Å². The number of rotatable bonds is 3. The second kappa shape index (κ2) is 6.26. The van der Waals surface area contributed by atoms with E-state index in [1.165, 1.54) is 23.9 Å². The molecule has 3 aromatic rings. The first-order valence-corrected chi connectivity index (χ1v) is 8.67. The zero-order valence-electron chi connectivity index (χ0n) is 13.0. The molecule has 4 rings (SSSR count). The molecule has 0 spiro atoms. The quantitative estimate of drug-likeness (QED) is 0.673. The SMILES string of the molecule is N#CCSc1nc2ncc3c(n2n1)CC(c1ccc(F)cc1)CC3=O. The summed E-state index contributed by atoms with van der Waals surface area (Å²) in [6, 6.07) is 8.27. The molecule has 0 amide bonds. The number of nitrogens with zero attached hydrogens (tertiary/aromatic N) is 5. The van der Waals surface area contributed by atoms with E-state index >= 15 is 0 Å². The lowest BCUT2D eigenvalue weighted by Crippen LogP contribution is -2.22. The first-order valence-electron chi connectivity index (χ1n) is 7.69. The molecule has 1 aliphatic carbocycles. The normalized spacial score (nSPS) is 16.6. The molecule has 0 fully saturated rings. The van der Waals surface area contributed by atoms with Crippen LogP contribution < -0.4 is 0 Å². The van der Waals surface area contributed by atoms with Crippen LogP contribution in [0.25, 0.3) is 5.78 Å². The monoisotopic (exact) mass is 353 g/mol. The summed E-state index contributed by atoms with van der Waals surface area (Å²) in [6.45, 7) is 0. The molecule has 6 nitrogen and oxygen atoms in total. The summed E-state index contributed by atoms with van der Waals surface area (Å²) in [5, 5.41) is 13.5. The Morgan fingerprint density at radius 2 is 2.12 bits per heavy atom. The fraction of sp³-hybridized carbons (Fsp3) is 0.235. The number of ketones is 1. The number of hydrogen-bond acceptors (Lipinski definition) is 6. The Morgan fingerprint density at radius 3 is 2.88 bits per heavy atom. The molecule has 2 aromatic heterocycles. The van der Waals surface area contributed by atoms with Gasteiger partial charge in [-0.05, 0) is 30.0 Å². The fourth-order valence-corrected chi connectivity index (χ4v) is 3.54. The van der Waals surface area contributed by atoms with Crippen molar-refractivity contribution >= 4 is 23.3 Å². The van der Waals surface area contributed by atoms with Gasteiger partial charge in [-0.25, -0.2) is 9.37 Å². The predicted octanol–water partition coefficient (Wildman–Crippen LogP) is 2.79. The van der Waals surface area contributed by atoms with Crippen LogP contribution in [0.5, 0.6) is 0 Å². The number of carbonyl (C=O) groups excluding carboxylic acids is 1. The number of aromatic nitrogens is 4. The molecular weight excluding hydrogens is 341 g/mol. The van der Waals surface area contributed by atoms with Crippen LogP contribution in [0.1, 0.15) is 34.0 Å². The maximum Gasteiger partial charge on any atom is 0.253 e. The highest BCUT2D eigenvalue weighted by Crippen LogP contribution is 2.32. The highest BCUT2D eigenvalue weighted by molar-refractivity contribution is 7.99. The van der Waals surface area contributed by atoms with E-state index in [9.17, 15) is 9.18 Å². The minimum absolute atomic E-state index is 0.00768. The van der Waals surface area contributed by atoms with Crippen LogP contribution in [0.15, 0.2) is 35.6 Å². The van der Waals surface area contributed by atoms with E-state index in [2.05, 4.69) is 15.1 Å². The van der Waals surface area contributed by atoms with Gasteiger partial charge < -0.3 is 0 Å². The Balaban J connectivity index is 1.75. The minimum atomic E-state index is -0.298. The average molecular weight is 353 g/mol. The van der Waals surface area contributed by atoms with Gasteiger partial charge in [-0.3, -0.25) is 4.79 Å². The molecule has 0 bridgehead atoms. The van der Waals surface area contributed by atoms with Gasteiger partial charge >= 0.3 is 0 Å². The van der Waals surface area contributed by atoms with E-state index in [1.807, 2.05) is 6.07 Å². The lowest BCUT2D eigenvalue weighted by Gasteiger charge is -2.23. The van der Waals surface area contributed by atoms with E-state index in [0.29, 0.717) is 29.3 Å². The lowest BCUT2D eigenvalue weighted by molar-refractivity contribution is 0.0962. The molecule has 124 valence electrons. The zero-order chi connectivity index (χ0) is 17.4. The van der Waals surface area contributed by atoms with Crippen LogP contribution in [0, 0.1) is 17.1 Å². The van der Waals surface area contributed by atoms with Crippen LogP contribution in [-0.2, 0) is 6.42 Å². The maximum absolute atomic E-state index is 13.2. The summed E-state index contributed by atoms with van der Waals surface area (Å²) in [5.41, 5.74) is 2.23. The molecule has 0 N–H and O–H groups in total. The Labute approximate surface area is 146 Å². The van der Waals surface area contributed by atoms with Crippen molar-refractivity contribution in [3.05, 3.63) is 53.1 Å². The summed E-state index contributed by atoms with van der Waals surface area (Å²) in [5.74, 6) is 0.313. The molecular formula is C17H12FN5OS. The number of carbonyl (C=O) groups is 1. The third-order valence-electron chi connectivity index (χ3n) is 4.23. The predicted molar refractivity (Wildman–Crippen MR) is 88.9 cm³/mol. The highest BCUT2D eigenvalue weighted by Gasteiger charge is 2.29. The van der Waals surface area contributed by atoms with Crippen molar-refractivity contribution < 1.29 is 9.18 Å². The van der Waals surface area contributed by atoms with E-state index < -0.39 is 0 Å². The van der Waals surface area contributed by atoms with Crippen molar-refractivity contribution in [1.29, 1.82) is 5.26 Å². The molecule has 0 aliphatic heterocycles. The van der Waals surface area contributed by atoms with Gasteiger partial charge in [-0.1, -0.05) is 23.9 Å². The number of thioether (sulfide) groups is 1. The average Bonchev–Trinajstić information content (AvgIpc) is 3.04. The molecule has 8 heteroatoms. The number of fused-ring (bicyclic) bond motifs is 3. The van der Waals surface area contributed by atoms with Gasteiger partial charge in [0.2, 0.25) is 5.16 Å². The number of Topliss-reactive ketones (excluding diaryl/α,β-unsaturated/α-hetero) is 1. The molecule has 2 heterocycles. The van der Waals surface area contributed by atoms with Gasteiger partial charge in [-0.2, -0.15) is 14.8 Å². The molecule has 1 unspecified atom stereocenters. The van der Waals surface area contributed by atoms with Crippen molar-refractivity contribution in [2.45, 2.75) is 23.9 Å². The largest absolute Gasteiger partial charge is 0.294 e. The Bertz CT molecular complexity index is 1010. The summed E-state index contributed by atoms with van der Waals surface area (Å²) in [7, 11) is 0. The molecule has 0 saturated heterocycles. The Kier molecular flexibility index (Phi) is 3.93. The van der Waals surface area contributed by atoms with Gasteiger partial charge in [0.25, 0.3) is 5.78 Å². The van der Waals surface area contributed by atoms with Crippen LogP contribution >= 0.6 is 11.8 Å². The number of nitriles is 1. The second-order valence-corrected chi connectivity index (χ2v) is 6.69. The number of halogens is 1. The summed E-state index contributed by atoms with van der Waals surface area (Å²) < 4.78 is 14.7. The second-order valence-electron chi connectivity index (χ2n) is 5.75. The first-order chi connectivity index (χ1) is 12.2. The molecule has 0 radical (unpaired) electrons. The summed E-state index contributed by atoms with van der Waals surface area (Å²) in [6.07, 6.45) is 2.50. The van der Waals surface area contributed by atoms with Crippen molar-refractivity contribution in [3.8, 4) is 6.07 Å². The molecule has 1 aromatic carbocycles. The Hall–Kier alpha value is -2.79.